The lowest BCUT2D eigenvalue weighted by atomic mass is 10.2. The molecule has 1 aromatic rings. The van der Waals surface area contributed by atoms with Crippen LogP contribution in [0, 0.1) is 5.82 Å². The zero-order valence-electron chi connectivity index (χ0n) is 13.5. The number of benzene rings is 1. The highest BCUT2D eigenvalue weighted by molar-refractivity contribution is 5.97. The molecule has 1 atom stereocenters. The van der Waals surface area contributed by atoms with E-state index >= 15 is 0 Å². The second-order valence-electron chi connectivity index (χ2n) is 6.10. The van der Waals surface area contributed by atoms with Crippen LogP contribution in [0.3, 0.4) is 0 Å². The number of anilines is 2. The van der Waals surface area contributed by atoms with Crippen LogP contribution in [0.5, 0.6) is 0 Å². The summed E-state index contributed by atoms with van der Waals surface area (Å²) in [7, 11) is 1.96. The van der Waals surface area contributed by atoms with Crippen molar-refractivity contribution in [1.82, 2.24) is 0 Å². The first-order valence-corrected chi connectivity index (χ1v) is 8.15. The third kappa shape index (κ3) is 3.82. The lowest BCUT2D eigenvalue weighted by molar-refractivity contribution is -0.124. The minimum atomic E-state index is -0.336. The van der Waals surface area contributed by atoms with Gasteiger partial charge in [0.25, 0.3) is 5.91 Å². The SMILES string of the molecule is CN1CCCN(C(=O)COC[C@@H]2CCCO2)c2cc(F)ccc21. The number of halogens is 1. The third-order valence-electron chi connectivity index (χ3n) is 4.37. The quantitative estimate of drug-likeness (QED) is 0.852. The molecule has 0 unspecified atom stereocenters. The van der Waals surface area contributed by atoms with Crippen molar-refractivity contribution in [2.45, 2.75) is 25.4 Å². The standard InChI is InChI=1S/C17H23FN2O3/c1-19-7-3-8-20(16-10-13(18)5-6-15(16)19)17(21)12-22-11-14-4-2-9-23-14/h5-6,10,14H,2-4,7-9,11-12H2,1H3/t14-/m0/s1. The first kappa shape index (κ1) is 16.2. The Morgan fingerprint density at radius 1 is 1.35 bits per heavy atom. The number of rotatable bonds is 4. The highest BCUT2D eigenvalue weighted by Crippen LogP contribution is 2.32. The lowest BCUT2D eigenvalue weighted by Crippen LogP contribution is -2.35. The fraction of sp³-hybridized carbons (Fsp3) is 0.588. The predicted octanol–water partition coefficient (Wildman–Crippen LogP) is 2.19. The van der Waals surface area contributed by atoms with Crippen LogP contribution in [0.15, 0.2) is 18.2 Å². The molecule has 0 N–H and O–H groups in total. The van der Waals surface area contributed by atoms with Gasteiger partial charge in [0.2, 0.25) is 0 Å². The molecular weight excluding hydrogens is 299 g/mol. The van der Waals surface area contributed by atoms with Crippen molar-refractivity contribution in [3.63, 3.8) is 0 Å². The van der Waals surface area contributed by atoms with Gasteiger partial charge in [-0.3, -0.25) is 4.79 Å². The van der Waals surface area contributed by atoms with Gasteiger partial charge in [-0.25, -0.2) is 4.39 Å². The maximum absolute atomic E-state index is 13.6. The van der Waals surface area contributed by atoms with Gasteiger partial charge in [-0.2, -0.15) is 0 Å². The van der Waals surface area contributed by atoms with E-state index in [0.717, 1.165) is 38.1 Å². The number of ether oxygens (including phenoxy) is 2. The molecule has 3 rings (SSSR count). The normalized spacial score (nSPS) is 21.2. The Morgan fingerprint density at radius 2 is 2.22 bits per heavy atom. The second kappa shape index (κ2) is 7.27. The highest BCUT2D eigenvalue weighted by Gasteiger charge is 2.24. The van der Waals surface area contributed by atoms with E-state index in [9.17, 15) is 9.18 Å². The number of carbonyl (C=O) groups is 1. The summed E-state index contributed by atoms with van der Waals surface area (Å²) in [5.74, 6) is -0.470. The molecule has 2 aliphatic heterocycles. The van der Waals surface area contributed by atoms with Crippen LogP contribution in [0.25, 0.3) is 0 Å². The van der Waals surface area contributed by atoms with Crippen molar-refractivity contribution in [3.05, 3.63) is 24.0 Å². The van der Waals surface area contributed by atoms with Crippen LogP contribution in [0.2, 0.25) is 0 Å². The van der Waals surface area contributed by atoms with Gasteiger partial charge in [-0.15, -0.1) is 0 Å². The van der Waals surface area contributed by atoms with Crippen molar-refractivity contribution < 1.29 is 18.7 Å². The molecule has 1 fully saturated rings. The van der Waals surface area contributed by atoms with E-state index in [2.05, 4.69) is 4.90 Å². The Hall–Kier alpha value is -1.66. The number of hydrogen-bond acceptors (Lipinski definition) is 4. The number of hydrogen-bond donors (Lipinski definition) is 0. The van der Waals surface area contributed by atoms with E-state index in [1.165, 1.54) is 12.1 Å². The average molecular weight is 322 g/mol. The van der Waals surface area contributed by atoms with Gasteiger partial charge in [0.1, 0.15) is 12.4 Å². The van der Waals surface area contributed by atoms with Crippen molar-refractivity contribution in [2.24, 2.45) is 0 Å². The summed E-state index contributed by atoms with van der Waals surface area (Å²) in [4.78, 5) is 16.2. The molecule has 0 saturated carbocycles. The molecule has 1 saturated heterocycles. The molecule has 2 heterocycles. The van der Waals surface area contributed by atoms with Crippen LogP contribution >= 0.6 is 0 Å². The fourth-order valence-corrected chi connectivity index (χ4v) is 3.13. The molecule has 1 aromatic carbocycles. The smallest absolute Gasteiger partial charge is 0.253 e. The summed E-state index contributed by atoms with van der Waals surface area (Å²) in [6.07, 6.45) is 2.97. The number of nitrogens with zero attached hydrogens (tertiary/aromatic N) is 2. The zero-order chi connectivity index (χ0) is 16.2. The predicted molar refractivity (Wildman–Crippen MR) is 86.4 cm³/mol. The topological polar surface area (TPSA) is 42.0 Å². The van der Waals surface area contributed by atoms with Crippen LogP contribution in [0.1, 0.15) is 19.3 Å². The third-order valence-corrected chi connectivity index (χ3v) is 4.37. The number of carbonyl (C=O) groups excluding carboxylic acids is 1. The molecule has 6 heteroatoms. The number of fused-ring (bicyclic) bond motifs is 1. The van der Waals surface area contributed by atoms with Crippen LogP contribution in [0.4, 0.5) is 15.8 Å². The van der Waals surface area contributed by atoms with Gasteiger partial charge in [0.15, 0.2) is 0 Å². The molecular formula is C17H23FN2O3. The van der Waals surface area contributed by atoms with Gasteiger partial charge in [0, 0.05) is 26.7 Å². The van der Waals surface area contributed by atoms with Gasteiger partial charge in [-0.1, -0.05) is 0 Å². The van der Waals surface area contributed by atoms with Crippen molar-refractivity contribution in [1.29, 1.82) is 0 Å². The molecule has 5 nitrogen and oxygen atoms in total. The summed E-state index contributed by atoms with van der Waals surface area (Å²) < 4.78 is 24.6. The van der Waals surface area contributed by atoms with E-state index in [1.54, 1.807) is 11.0 Å². The van der Waals surface area contributed by atoms with E-state index in [1.807, 2.05) is 7.05 Å². The molecule has 0 aromatic heterocycles. The van der Waals surface area contributed by atoms with Crippen LogP contribution in [-0.4, -0.2) is 52.0 Å². The van der Waals surface area contributed by atoms with E-state index in [-0.39, 0.29) is 24.4 Å². The summed E-state index contributed by atoms with van der Waals surface area (Å²) in [5, 5.41) is 0. The molecule has 0 aliphatic carbocycles. The monoisotopic (exact) mass is 322 g/mol. The van der Waals surface area contributed by atoms with Crippen LogP contribution in [-0.2, 0) is 14.3 Å². The first-order chi connectivity index (χ1) is 11.1. The summed E-state index contributed by atoms with van der Waals surface area (Å²) in [6, 6.07) is 4.58. The summed E-state index contributed by atoms with van der Waals surface area (Å²) >= 11 is 0. The average Bonchev–Trinajstić information content (AvgIpc) is 2.98. The Balaban J connectivity index is 1.67. The van der Waals surface area contributed by atoms with Crippen molar-refractivity contribution >= 4 is 17.3 Å². The largest absolute Gasteiger partial charge is 0.376 e. The highest BCUT2D eigenvalue weighted by atomic mass is 19.1. The molecule has 126 valence electrons. The molecule has 23 heavy (non-hydrogen) atoms. The van der Waals surface area contributed by atoms with E-state index in [4.69, 9.17) is 9.47 Å². The Bertz CT molecular complexity index is 561. The second-order valence-corrected chi connectivity index (χ2v) is 6.10. The lowest BCUT2D eigenvalue weighted by Gasteiger charge is -2.24. The van der Waals surface area contributed by atoms with Gasteiger partial charge >= 0.3 is 0 Å². The Labute approximate surface area is 136 Å². The molecule has 0 radical (unpaired) electrons. The summed E-state index contributed by atoms with van der Waals surface area (Å²) in [5.41, 5.74) is 1.49. The molecule has 2 aliphatic rings. The molecule has 1 amide bonds. The van der Waals surface area contributed by atoms with E-state index < -0.39 is 0 Å². The fourth-order valence-electron chi connectivity index (χ4n) is 3.13. The minimum Gasteiger partial charge on any atom is -0.376 e. The Kier molecular flexibility index (Phi) is 5.13. The van der Waals surface area contributed by atoms with Gasteiger partial charge in [0.05, 0.1) is 24.1 Å². The minimum absolute atomic E-state index is 0.000469. The van der Waals surface area contributed by atoms with Gasteiger partial charge in [-0.05, 0) is 37.5 Å². The van der Waals surface area contributed by atoms with E-state index in [0.29, 0.717) is 18.8 Å². The van der Waals surface area contributed by atoms with Crippen molar-refractivity contribution in [2.75, 3.05) is 49.8 Å². The van der Waals surface area contributed by atoms with Crippen molar-refractivity contribution in [3.8, 4) is 0 Å². The molecule has 0 spiro atoms. The first-order valence-electron chi connectivity index (χ1n) is 8.15. The number of amides is 1. The zero-order valence-corrected chi connectivity index (χ0v) is 13.5. The maximum Gasteiger partial charge on any atom is 0.253 e. The molecule has 0 bridgehead atoms. The summed E-state index contributed by atoms with van der Waals surface area (Å²) in [6.45, 7) is 2.62. The van der Waals surface area contributed by atoms with Gasteiger partial charge < -0.3 is 19.3 Å². The Morgan fingerprint density at radius 3 is 3.00 bits per heavy atom. The maximum atomic E-state index is 13.6. The van der Waals surface area contributed by atoms with Crippen LogP contribution < -0.4 is 9.80 Å².